The van der Waals surface area contributed by atoms with Crippen LogP contribution in [0.5, 0.6) is 11.5 Å². The van der Waals surface area contributed by atoms with Crippen LogP contribution in [0.25, 0.3) is 0 Å². The van der Waals surface area contributed by atoms with E-state index in [0.29, 0.717) is 31.6 Å². The Morgan fingerprint density at radius 2 is 1.82 bits per heavy atom. The molecule has 0 spiro atoms. The Morgan fingerprint density at radius 1 is 1.14 bits per heavy atom. The van der Waals surface area contributed by atoms with Crippen LogP contribution in [0.2, 0.25) is 0 Å². The summed E-state index contributed by atoms with van der Waals surface area (Å²) in [6.45, 7) is 1.21. The van der Waals surface area contributed by atoms with E-state index in [4.69, 9.17) is 4.74 Å². The molecule has 5 nitrogen and oxygen atoms in total. The van der Waals surface area contributed by atoms with Crippen molar-refractivity contribution in [3.8, 4) is 11.5 Å². The zero-order valence-electron chi connectivity index (χ0n) is 11.7. The number of halogens is 2. The van der Waals surface area contributed by atoms with Crippen molar-refractivity contribution in [1.29, 1.82) is 0 Å². The maximum absolute atomic E-state index is 13.0. The van der Waals surface area contributed by atoms with Crippen molar-refractivity contribution in [2.75, 3.05) is 13.2 Å². The van der Waals surface area contributed by atoms with E-state index in [0.717, 1.165) is 0 Å². The number of ether oxygens (including phenoxy) is 3. The maximum Gasteiger partial charge on any atom is 0.586 e. The van der Waals surface area contributed by atoms with Gasteiger partial charge in [-0.25, -0.2) is 0 Å². The lowest BCUT2D eigenvalue weighted by atomic mass is 9.82. The minimum Gasteiger partial charge on any atom is -0.395 e. The highest BCUT2D eigenvalue weighted by molar-refractivity contribution is 5.98. The van der Waals surface area contributed by atoms with Crippen LogP contribution in [0.4, 0.5) is 8.78 Å². The Balaban J connectivity index is 1.54. The van der Waals surface area contributed by atoms with Crippen molar-refractivity contribution in [2.45, 2.75) is 31.2 Å². The van der Waals surface area contributed by atoms with Crippen molar-refractivity contribution in [2.24, 2.45) is 5.92 Å². The van der Waals surface area contributed by atoms with E-state index in [1.807, 2.05) is 0 Å². The Labute approximate surface area is 125 Å². The van der Waals surface area contributed by atoms with Gasteiger partial charge in [-0.05, 0) is 31.0 Å². The van der Waals surface area contributed by atoms with Crippen LogP contribution in [-0.2, 0) is 4.74 Å². The van der Waals surface area contributed by atoms with E-state index >= 15 is 0 Å². The van der Waals surface area contributed by atoms with Crippen molar-refractivity contribution in [1.82, 2.24) is 5.32 Å². The van der Waals surface area contributed by atoms with Crippen molar-refractivity contribution >= 4 is 5.78 Å². The number of Topliss-reactive ketones (excluding diaryl/α,β-unsaturated/α-hetero) is 1. The molecule has 0 saturated carbocycles. The minimum atomic E-state index is -3.66. The molecule has 0 aliphatic carbocycles. The van der Waals surface area contributed by atoms with Gasteiger partial charge in [0.1, 0.15) is 0 Å². The van der Waals surface area contributed by atoms with Crippen molar-refractivity contribution in [3.63, 3.8) is 0 Å². The van der Waals surface area contributed by atoms with Crippen molar-refractivity contribution in [3.05, 3.63) is 23.8 Å². The van der Waals surface area contributed by atoms with Gasteiger partial charge in [0.05, 0.1) is 13.2 Å². The van der Waals surface area contributed by atoms with Crippen LogP contribution in [0.1, 0.15) is 23.2 Å². The zero-order chi connectivity index (χ0) is 15.3. The predicted octanol–water partition coefficient (Wildman–Crippen LogP) is 1.96. The minimum absolute atomic E-state index is 0.0417. The lowest BCUT2D eigenvalue weighted by Crippen LogP contribution is -2.55. The summed E-state index contributed by atoms with van der Waals surface area (Å²) in [5, 5.41) is 3.42. The molecule has 1 N–H and O–H groups in total. The van der Waals surface area contributed by atoms with Crippen LogP contribution in [0, 0.1) is 5.92 Å². The fraction of sp³-hybridized carbons (Fsp3) is 0.533. The summed E-state index contributed by atoms with van der Waals surface area (Å²) in [5.41, 5.74) is 0.381. The van der Waals surface area contributed by atoms with Gasteiger partial charge in [-0.1, -0.05) is 0 Å². The summed E-state index contributed by atoms with van der Waals surface area (Å²) in [6.07, 6.45) is -2.27. The molecule has 22 heavy (non-hydrogen) atoms. The molecule has 0 amide bonds. The molecule has 1 aromatic rings. The monoisotopic (exact) mass is 311 g/mol. The fourth-order valence-corrected chi connectivity index (χ4v) is 3.39. The number of nitrogens with one attached hydrogen (secondary N) is 1. The largest absolute Gasteiger partial charge is 0.586 e. The van der Waals surface area contributed by atoms with Gasteiger partial charge in [0.15, 0.2) is 17.3 Å². The van der Waals surface area contributed by atoms with Crippen LogP contribution in [0.15, 0.2) is 18.2 Å². The molecule has 3 aliphatic heterocycles. The number of piperidine rings is 1. The Morgan fingerprint density at radius 3 is 2.55 bits per heavy atom. The molecule has 7 heteroatoms. The number of carbonyl (C=O) groups is 1. The number of alkyl halides is 2. The average molecular weight is 311 g/mol. The van der Waals surface area contributed by atoms with Crippen LogP contribution in [-0.4, -0.2) is 37.4 Å². The molecule has 2 atom stereocenters. The van der Waals surface area contributed by atoms with Crippen LogP contribution in [0.3, 0.4) is 0 Å². The molecule has 3 aliphatic rings. The highest BCUT2D eigenvalue weighted by atomic mass is 19.3. The number of benzene rings is 1. The topological polar surface area (TPSA) is 56.8 Å². The molecular formula is C15H15F2NO4. The van der Waals surface area contributed by atoms with E-state index in [1.54, 1.807) is 0 Å². The SMILES string of the molecule is O=C(c1ccc2c(c1)OC(F)(F)O2)C1CC2COCC(C1)N2. The first kappa shape index (κ1) is 13.9. The van der Waals surface area contributed by atoms with Crippen molar-refractivity contribution < 1.29 is 27.8 Å². The summed E-state index contributed by atoms with van der Waals surface area (Å²) in [6, 6.07) is 4.57. The molecule has 2 fully saturated rings. The molecule has 118 valence electrons. The van der Waals surface area contributed by atoms with E-state index < -0.39 is 6.29 Å². The summed E-state index contributed by atoms with van der Waals surface area (Å²) < 4.78 is 40.3. The predicted molar refractivity (Wildman–Crippen MR) is 71.2 cm³/mol. The number of rotatable bonds is 2. The number of ketones is 1. The van der Waals surface area contributed by atoms with Gasteiger partial charge in [-0.15, -0.1) is 8.78 Å². The standard InChI is InChI=1S/C15H15F2NO4/c16-15(17)21-12-2-1-8(5-13(12)22-15)14(19)9-3-10-6-20-7-11(4-9)18-10/h1-2,5,9-11,18H,3-4,6-7H2. The molecule has 3 heterocycles. The summed E-state index contributed by atoms with van der Waals surface area (Å²) in [5.74, 6) is -0.300. The average Bonchev–Trinajstić information content (AvgIpc) is 2.78. The molecule has 2 bridgehead atoms. The Bertz CT molecular complexity index is 610. The first-order valence-electron chi connectivity index (χ1n) is 7.28. The van der Waals surface area contributed by atoms with Gasteiger partial charge in [0, 0.05) is 23.6 Å². The number of morpholine rings is 1. The van der Waals surface area contributed by atoms with E-state index in [2.05, 4.69) is 14.8 Å². The summed E-state index contributed by atoms with van der Waals surface area (Å²) >= 11 is 0. The smallest absolute Gasteiger partial charge is 0.395 e. The molecular weight excluding hydrogens is 296 g/mol. The van der Waals surface area contributed by atoms with Gasteiger partial charge >= 0.3 is 6.29 Å². The van der Waals surface area contributed by atoms with Gasteiger partial charge in [0.25, 0.3) is 0 Å². The second-order valence-corrected chi connectivity index (χ2v) is 5.96. The number of fused-ring (bicyclic) bond motifs is 3. The third-order valence-corrected chi connectivity index (χ3v) is 4.30. The molecule has 2 unspecified atom stereocenters. The lowest BCUT2D eigenvalue weighted by molar-refractivity contribution is -0.286. The zero-order valence-corrected chi connectivity index (χ0v) is 11.7. The van der Waals surface area contributed by atoms with E-state index in [1.165, 1.54) is 18.2 Å². The fourth-order valence-electron chi connectivity index (χ4n) is 3.39. The maximum atomic E-state index is 13.0. The lowest BCUT2D eigenvalue weighted by Gasteiger charge is -2.39. The number of hydrogen-bond donors (Lipinski definition) is 1. The molecule has 4 rings (SSSR count). The quantitative estimate of drug-likeness (QED) is 0.846. The van der Waals surface area contributed by atoms with E-state index in [-0.39, 0.29) is 35.3 Å². The normalized spacial score (nSPS) is 31.8. The highest BCUT2D eigenvalue weighted by Gasteiger charge is 2.44. The van der Waals surface area contributed by atoms with Gasteiger partial charge < -0.3 is 19.5 Å². The molecule has 2 saturated heterocycles. The number of carbonyl (C=O) groups excluding carboxylic acids is 1. The summed E-state index contributed by atoms with van der Waals surface area (Å²) in [7, 11) is 0. The van der Waals surface area contributed by atoms with Gasteiger partial charge in [-0.3, -0.25) is 4.79 Å². The van der Waals surface area contributed by atoms with Crippen LogP contribution >= 0.6 is 0 Å². The molecule has 0 aromatic heterocycles. The summed E-state index contributed by atoms with van der Waals surface area (Å²) in [4.78, 5) is 12.6. The first-order chi connectivity index (χ1) is 10.5. The highest BCUT2D eigenvalue weighted by Crippen LogP contribution is 2.41. The molecule has 0 radical (unpaired) electrons. The second-order valence-electron chi connectivity index (χ2n) is 5.96. The third kappa shape index (κ3) is 2.44. The van der Waals surface area contributed by atoms with Gasteiger partial charge in [-0.2, -0.15) is 0 Å². The van der Waals surface area contributed by atoms with Crippen LogP contribution < -0.4 is 14.8 Å². The number of hydrogen-bond acceptors (Lipinski definition) is 5. The third-order valence-electron chi connectivity index (χ3n) is 4.30. The second kappa shape index (κ2) is 4.89. The van der Waals surface area contributed by atoms with E-state index in [9.17, 15) is 13.6 Å². The Hall–Kier alpha value is -1.73. The Kier molecular flexibility index (Phi) is 3.09. The molecule has 1 aromatic carbocycles. The first-order valence-corrected chi connectivity index (χ1v) is 7.28. The van der Waals surface area contributed by atoms with Gasteiger partial charge in [0.2, 0.25) is 0 Å².